The summed E-state index contributed by atoms with van der Waals surface area (Å²) in [5.41, 5.74) is 0.422. The van der Waals surface area contributed by atoms with Crippen molar-refractivity contribution >= 4 is 35.0 Å². The maximum absolute atomic E-state index is 13.1. The number of hydrogen-bond donors (Lipinski definition) is 2. The lowest BCUT2D eigenvalue weighted by Crippen LogP contribution is -2.37. The van der Waals surface area contributed by atoms with E-state index < -0.39 is 5.82 Å². The van der Waals surface area contributed by atoms with Crippen molar-refractivity contribution in [1.82, 2.24) is 5.32 Å². The summed E-state index contributed by atoms with van der Waals surface area (Å²) in [6.07, 6.45) is 0. The highest BCUT2D eigenvalue weighted by Gasteiger charge is 2.22. The van der Waals surface area contributed by atoms with Gasteiger partial charge >= 0.3 is 0 Å². The zero-order valence-electron chi connectivity index (χ0n) is 8.30. The second-order valence-corrected chi connectivity index (χ2v) is 4.83. The minimum Gasteiger partial charge on any atom is -0.325 e. The SMILES string of the molecule is O=C(Nc1ccc(Cl)c(F)c1)C1CSCN1. The van der Waals surface area contributed by atoms with Crippen LogP contribution in [0.2, 0.25) is 5.02 Å². The van der Waals surface area contributed by atoms with E-state index in [0.29, 0.717) is 5.69 Å². The average molecular weight is 261 g/mol. The molecule has 0 aliphatic carbocycles. The number of benzene rings is 1. The Labute approximate surface area is 102 Å². The van der Waals surface area contributed by atoms with E-state index in [1.54, 1.807) is 17.8 Å². The van der Waals surface area contributed by atoms with Crippen molar-refractivity contribution < 1.29 is 9.18 Å². The quantitative estimate of drug-likeness (QED) is 0.856. The van der Waals surface area contributed by atoms with Crippen LogP contribution in [0.5, 0.6) is 0 Å². The van der Waals surface area contributed by atoms with Gasteiger partial charge in [-0.25, -0.2) is 4.39 Å². The highest BCUT2D eigenvalue weighted by Crippen LogP contribution is 2.19. The molecule has 0 bridgehead atoms. The third kappa shape index (κ3) is 2.66. The van der Waals surface area contributed by atoms with Crippen LogP contribution in [0.3, 0.4) is 0 Å². The van der Waals surface area contributed by atoms with Crippen LogP contribution in [-0.4, -0.2) is 23.6 Å². The maximum atomic E-state index is 13.1. The van der Waals surface area contributed by atoms with Gasteiger partial charge in [0.05, 0.1) is 11.1 Å². The third-order valence-electron chi connectivity index (χ3n) is 2.22. The third-order valence-corrected chi connectivity index (χ3v) is 3.47. The summed E-state index contributed by atoms with van der Waals surface area (Å²) in [5, 5.41) is 5.72. The lowest BCUT2D eigenvalue weighted by atomic mass is 10.2. The van der Waals surface area contributed by atoms with E-state index >= 15 is 0 Å². The van der Waals surface area contributed by atoms with Crippen LogP contribution in [0.4, 0.5) is 10.1 Å². The molecule has 1 fully saturated rings. The topological polar surface area (TPSA) is 41.1 Å². The summed E-state index contributed by atoms with van der Waals surface area (Å²) in [6.45, 7) is 0. The average Bonchev–Trinajstić information content (AvgIpc) is 2.77. The summed E-state index contributed by atoms with van der Waals surface area (Å²) in [4.78, 5) is 11.7. The fraction of sp³-hybridized carbons (Fsp3) is 0.300. The molecule has 1 unspecified atom stereocenters. The van der Waals surface area contributed by atoms with Crippen LogP contribution >= 0.6 is 23.4 Å². The van der Waals surface area contributed by atoms with Crippen LogP contribution in [-0.2, 0) is 4.79 Å². The molecule has 1 aromatic carbocycles. The molecule has 16 heavy (non-hydrogen) atoms. The number of carbonyl (C=O) groups excluding carboxylic acids is 1. The zero-order valence-corrected chi connectivity index (χ0v) is 9.87. The molecule has 0 saturated carbocycles. The van der Waals surface area contributed by atoms with Gasteiger partial charge in [0.2, 0.25) is 5.91 Å². The largest absolute Gasteiger partial charge is 0.325 e. The van der Waals surface area contributed by atoms with Crippen molar-refractivity contribution in [3.63, 3.8) is 0 Å². The molecular formula is C10H10ClFN2OS. The first kappa shape index (κ1) is 11.7. The molecule has 1 amide bonds. The molecular weight excluding hydrogens is 251 g/mol. The minimum absolute atomic E-state index is 0.0487. The highest BCUT2D eigenvalue weighted by molar-refractivity contribution is 7.99. The van der Waals surface area contributed by atoms with Gasteiger partial charge in [-0.2, -0.15) is 0 Å². The predicted octanol–water partition coefficient (Wildman–Crippen LogP) is 2.08. The fourth-order valence-corrected chi connectivity index (χ4v) is 2.43. The van der Waals surface area contributed by atoms with Crippen LogP contribution in [0.1, 0.15) is 0 Å². The predicted molar refractivity (Wildman–Crippen MR) is 64.3 cm³/mol. The van der Waals surface area contributed by atoms with E-state index in [1.807, 2.05) is 0 Å². The Morgan fingerprint density at radius 3 is 3.06 bits per heavy atom. The van der Waals surface area contributed by atoms with Crippen molar-refractivity contribution in [2.24, 2.45) is 0 Å². The smallest absolute Gasteiger partial charge is 0.242 e. The molecule has 0 spiro atoms. The molecule has 1 heterocycles. The Kier molecular flexibility index (Phi) is 3.68. The summed E-state index contributed by atoms with van der Waals surface area (Å²) in [5.74, 6) is 0.828. The number of thioether (sulfide) groups is 1. The Bertz CT molecular complexity index is 410. The van der Waals surface area contributed by atoms with Gasteiger partial charge in [0.25, 0.3) is 0 Å². The molecule has 1 atom stereocenters. The molecule has 1 aliphatic heterocycles. The molecule has 1 aromatic rings. The van der Waals surface area contributed by atoms with Gasteiger partial charge in [-0.1, -0.05) is 11.6 Å². The first-order valence-corrected chi connectivity index (χ1v) is 6.27. The van der Waals surface area contributed by atoms with Gasteiger partial charge in [0.1, 0.15) is 5.82 Å². The Hall–Kier alpha value is -0.780. The normalized spacial score (nSPS) is 19.8. The number of amides is 1. The summed E-state index contributed by atoms with van der Waals surface area (Å²) < 4.78 is 13.1. The second kappa shape index (κ2) is 5.03. The first-order valence-electron chi connectivity index (χ1n) is 4.74. The van der Waals surface area contributed by atoms with Gasteiger partial charge < -0.3 is 5.32 Å². The molecule has 1 aliphatic rings. The maximum Gasteiger partial charge on any atom is 0.242 e. The van der Waals surface area contributed by atoms with E-state index in [4.69, 9.17) is 11.6 Å². The fourth-order valence-electron chi connectivity index (χ4n) is 1.37. The molecule has 86 valence electrons. The lowest BCUT2D eigenvalue weighted by Gasteiger charge is -2.10. The summed E-state index contributed by atoms with van der Waals surface area (Å²) in [6, 6.07) is 4.00. The lowest BCUT2D eigenvalue weighted by molar-refractivity contribution is -0.117. The summed E-state index contributed by atoms with van der Waals surface area (Å²) in [7, 11) is 0. The van der Waals surface area contributed by atoms with Crippen LogP contribution in [0.25, 0.3) is 0 Å². The number of halogens is 2. The second-order valence-electron chi connectivity index (χ2n) is 3.39. The number of anilines is 1. The number of carbonyl (C=O) groups is 1. The van der Waals surface area contributed by atoms with Gasteiger partial charge in [0, 0.05) is 17.3 Å². The molecule has 2 N–H and O–H groups in total. The highest BCUT2D eigenvalue weighted by atomic mass is 35.5. The monoisotopic (exact) mass is 260 g/mol. The standard InChI is InChI=1S/C10H10ClFN2OS/c11-7-2-1-6(3-8(7)12)14-10(15)9-4-16-5-13-9/h1-3,9,13H,4-5H2,(H,14,15). The van der Waals surface area contributed by atoms with Crippen molar-refractivity contribution in [3.8, 4) is 0 Å². The summed E-state index contributed by atoms with van der Waals surface area (Å²) >= 11 is 7.20. The van der Waals surface area contributed by atoms with E-state index in [9.17, 15) is 9.18 Å². The molecule has 2 rings (SSSR count). The van der Waals surface area contributed by atoms with Crippen molar-refractivity contribution in [3.05, 3.63) is 29.0 Å². The Morgan fingerprint density at radius 2 is 2.44 bits per heavy atom. The van der Waals surface area contributed by atoms with E-state index in [0.717, 1.165) is 11.6 Å². The minimum atomic E-state index is -0.534. The van der Waals surface area contributed by atoms with Crippen LogP contribution < -0.4 is 10.6 Å². The van der Waals surface area contributed by atoms with Gasteiger partial charge in [-0.15, -0.1) is 11.8 Å². The van der Waals surface area contributed by atoms with Crippen molar-refractivity contribution in [2.75, 3.05) is 16.9 Å². The molecule has 0 radical (unpaired) electrons. The molecule has 1 saturated heterocycles. The molecule has 3 nitrogen and oxygen atoms in total. The van der Waals surface area contributed by atoms with Gasteiger partial charge in [-0.05, 0) is 18.2 Å². The van der Waals surface area contributed by atoms with Crippen molar-refractivity contribution in [1.29, 1.82) is 0 Å². The molecule has 6 heteroatoms. The van der Waals surface area contributed by atoms with Gasteiger partial charge in [0.15, 0.2) is 0 Å². The molecule has 0 aromatic heterocycles. The van der Waals surface area contributed by atoms with E-state index in [1.165, 1.54) is 12.1 Å². The number of hydrogen-bond acceptors (Lipinski definition) is 3. The number of rotatable bonds is 2. The van der Waals surface area contributed by atoms with Gasteiger partial charge in [-0.3, -0.25) is 10.1 Å². The number of nitrogens with one attached hydrogen (secondary N) is 2. The Balaban J connectivity index is 2.02. The van der Waals surface area contributed by atoms with E-state index in [2.05, 4.69) is 10.6 Å². The van der Waals surface area contributed by atoms with Crippen LogP contribution in [0.15, 0.2) is 18.2 Å². The Morgan fingerprint density at radius 1 is 1.62 bits per heavy atom. The zero-order chi connectivity index (χ0) is 11.5. The first-order chi connectivity index (χ1) is 7.66. The van der Waals surface area contributed by atoms with E-state index in [-0.39, 0.29) is 17.0 Å². The van der Waals surface area contributed by atoms with Crippen molar-refractivity contribution in [2.45, 2.75) is 6.04 Å². The van der Waals surface area contributed by atoms with Crippen LogP contribution in [0, 0.1) is 5.82 Å².